The summed E-state index contributed by atoms with van der Waals surface area (Å²) in [6.45, 7) is 1.97. The summed E-state index contributed by atoms with van der Waals surface area (Å²) in [4.78, 5) is 0.312. The van der Waals surface area contributed by atoms with Gasteiger partial charge in [0.05, 0.1) is 11.0 Å². The Bertz CT molecular complexity index is 783. The highest BCUT2D eigenvalue weighted by Crippen LogP contribution is 2.80. The highest BCUT2D eigenvalue weighted by Gasteiger charge is 2.79. The van der Waals surface area contributed by atoms with Gasteiger partial charge in [0, 0.05) is 22.3 Å². The van der Waals surface area contributed by atoms with Gasteiger partial charge in [-0.3, -0.25) is 4.18 Å². The van der Waals surface area contributed by atoms with E-state index in [1.165, 1.54) is 12.8 Å². The van der Waals surface area contributed by atoms with Gasteiger partial charge in [0.15, 0.2) is 0 Å². The van der Waals surface area contributed by atoms with Crippen LogP contribution in [0.15, 0.2) is 29.2 Å². The van der Waals surface area contributed by atoms with Crippen LogP contribution in [0, 0.1) is 42.4 Å². The van der Waals surface area contributed by atoms with E-state index in [0.29, 0.717) is 27.2 Å². The molecule has 6 fully saturated rings. The molecular formula is C18H20O3S2. The largest absolute Gasteiger partial charge is 0.297 e. The van der Waals surface area contributed by atoms with Crippen molar-refractivity contribution in [2.45, 2.75) is 41.3 Å². The minimum Gasteiger partial charge on any atom is -0.262 e. The zero-order valence-corrected chi connectivity index (χ0v) is 14.6. The van der Waals surface area contributed by atoms with Crippen LogP contribution in [0.2, 0.25) is 0 Å². The number of rotatable bonds is 3. The SMILES string of the molecule is Cc1ccc(S(=O)(=O)O[C@@H]2[C@H]3[C@H]4CC[C@H]5[C@H]3S[C@@H]3[C@H]5[C@H]4[C@@H]23)cc1. The molecule has 23 heavy (non-hydrogen) atoms. The molecule has 122 valence electrons. The molecular weight excluding hydrogens is 328 g/mol. The molecule has 1 aromatic carbocycles. The quantitative estimate of drug-likeness (QED) is 0.788. The number of aryl methyl sites for hydroxylation is 1. The van der Waals surface area contributed by atoms with Gasteiger partial charge in [0.1, 0.15) is 0 Å². The van der Waals surface area contributed by atoms with Crippen molar-refractivity contribution < 1.29 is 12.6 Å². The molecule has 1 saturated heterocycles. The van der Waals surface area contributed by atoms with Gasteiger partial charge >= 0.3 is 0 Å². The Morgan fingerprint density at radius 1 is 0.957 bits per heavy atom. The minimum atomic E-state index is -3.64. The summed E-state index contributed by atoms with van der Waals surface area (Å²) in [5.74, 6) is 4.25. The first-order valence-corrected chi connectivity index (χ1v) is 11.1. The van der Waals surface area contributed by atoms with Crippen molar-refractivity contribution in [3.8, 4) is 0 Å². The molecule has 7 rings (SSSR count). The summed E-state index contributed by atoms with van der Waals surface area (Å²) in [6, 6.07) is 7.05. The number of hydrogen-bond acceptors (Lipinski definition) is 4. The molecule has 0 N–H and O–H groups in total. The monoisotopic (exact) mass is 348 g/mol. The fourth-order valence-corrected chi connectivity index (χ4v) is 10.4. The molecule has 0 spiro atoms. The summed E-state index contributed by atoms with van der Waals surface area (Å²) in [6.07, 6.45) is 2.64. The van der Waals surface area contributed by atoms with E-state index in [2.05, 4.69) is 11.8 Å². The maximum atomic E-state index is 12.7. The van der Waals surface area contributed by atoms with E-state index in [9.17, 15) is 8.42 Å². The van der Waals surface area contributed by atoms with Gasteiger partial charge in [-0.25, -0.2) is 0 Å². The fourth-order valence-electron chi connectivity index (χ4n) is 6.72. The van der Waals surface area contributed by atoms with Gasteiger partial charge in [0.25, 0.3) is 10.1 Å². The summed E-state index contributed by atoms with van der Waals surface area (Å²) in [7, 11) is -3.64. The Morgan fingerprint density at radius 3 is 2.48 bits per heavy atom. The van der Waals surface area contributed by atoms with Gasteiger partial charge in [-0.1, -0.05) is 17.7 Å². The van der Waals surface area contributed by atoms with Gasteiger partial charge < -0.3 is 0 Å². The fraction of sp³-hybridized carbons (Fsp3) is 0.667. The van der Waals surface area contributed by atoms with Crippen LogP contribution in [-0.4, -0.2) is 25.0 Å². The molecule has 5 saturated carbocycles. The molecule has 9 atom stereocenters. The molecule has 0 aromatic heterocycles. The van der Waals surface area contributed by atoms with Crippen molar-refractivity contribution in [3.63, 3.8) is 0 Å². The Morgan fingerprint density at radius 2 is 1.70 bits per heavy atom. The predicted octanol–water partition coefficient (Wildman–Crippen LogP) is 3.08. The third-order valence-corrected chi connectivity index (χ3v) is 10.6. The first kappa shape index (κ1) is 13.7. The van der Waals surface area contributed by atoms with Crippen molar-refractivity contribution >= 4 is 21.9 Å². The van der Waals surface area contributed by atoms with Crippen molar-refractivity contribution in [2.75, 3.05) is 0 Å². The highest BCUT2D eigenvalue weighted by molar-refractivity contribution is 8.01. The smallest absolute Gasteiger partial charge is 0.262 e. The summed E-state index contributed by atoms with van der Waals surface area (Å²) >= 11 is 2.18. The lowest BCUT2D eigenvalue weighted by Gasteiger charge is -2.53. The third kappa shape index (κ3) is 1.51. The van der Waals surface area contributed by atoms with Gasteiger partial charge in [-0.05, 0) is 55.6 Å². The van der Waals surface area contributed by atoms with E-state index >= 15 is 0 Å². The maximum absolute atomic E-state index is 12.7. The molecule has 1 heterocycles. The van der Waals surface area contributed by atoms with E-state index in [1.807, 2.05) is 19.1 Å². The maximum Gasteiger partial charge on any atom is 0.297 e. The van der Waals surface area contributed by atoms with Crippen LogP contribution >= 0.6 is 11.8 Å². The second-order valence-electron chi connectivity index (χ2n) is 8.11. The van der Waals surface area contributed by atoms with E-state index in [0.717, 1.165) is 29.2 Å². The third-order valence-electron chi connectivity index (χ3n) is 7.39. The normalized spacial score (nSPS) is 51.3. The molecule has 6 bridgehead atoms. The lowest BCUT2D eigenvalue weighted by atomic mass is 9.50. The van der Waals surface area contributed by atoms with Gasteiger partial charge in [-0.2, -0.15) is 20.2 Å². The van der Waals surface area contributed by atoms with Crippen LogP contribution in [-0.2, 0) is 14.3 Å². The first-order chi connectivity index (χ1) is 11.1. The van der Waals surface area contributed by atoms with Crippen molar-refractivity contribution in [3.05, 3.63) is 29.8 Å². The zero-order valence-electron chi connectivity index (χ0n) is 13.0. The van der Waals surface area contributed by atoms with E-state index in [4.69, 9.17) is 4.18 Å². The molecule has 0 amide bonds. The Labute approximate surface area is 141 Å². The molecule has 1 aliphatic heterocycles. The zero-order chi connectivity index (χ0) is 15.5. The van der Waals surface area contributed by atoms with Crippen LogP contribution in [0.25, 0.3) is 0 Å². The first-order valence-electron chi connectivity index (χ1n) is 8.72. The Hall–Kier alpha value is -0.520. The predicted molar refractivity (Wildman–Crippen MR) is 88.6 cm³/mol. The molecule has 3 nitrogen and oxygen atoms in total. The second kappa shape index (κ2) is 4.17. The molecule has 6 aliphatic rings. The van der Waals surface area contributed by atoms with Crippen molar-refractivity contribution in [1.82, 2.24) is 0 Å². The van der Waals surface area contributed by atoms with Crippen molar-refractivity contribution in [2.24, 2.45) is 35.5 Å². The van der Waals surface area contributed by atoms with E-state index in [-0.39, 0.29) is 6.10 Å². The topological polar surface area (TPSA) is 43.4 Å². The Kier molecular flexibility index (Phi) is 2.49. The Balaban J connectivity index is 1.35. The van der Waals surface area contributed by atoms with E-state index in [1.54, 1.807) is 12.1 Å². The number of hydrogen-bond donors (Lipinski definition) is 0. The summed E-state index contributed by atoms with van der Waals surface area (Å²) in [5, 5.41) is 1.37. The van der Waals surface area contributed by atoms with E-state index < -0.39 is 10.1 Å². The number of fused-ring (bicyclic) bond motifs is 2. The van der Waals surface area contributed by atoms with Crippen LogP contribution in [0.1, 0.15) is 18.4 Å². The summed E-state index contributed by atoms with van der Waals surface area (Å²) in [5.41, 5.74) is 1.07. The average Bonchev–Trinajstić information content (AvgIpc) is 2.83. The molecule has 5 heteroatoms. The lowest BCUT2D eigenvalue weighted by Crippen LogP contribution is -2.54. The highest BCUT2D eigenvalue weighted by atomic mass is 32.2. The van der Waals surface area contributed by atoms with Crippen LogP contribution < -0.4 is 0 Å². The molecule has 5 aliphatic carbocycles. The van der Waals surface area contributed by atoms with Gasteiger partial charge in [-0.15, -0.1) is 0 Å². The van der Waals surface area contributed by atoms with Crippen LogP contribution in [0.3, 0.4) is 0 Å². The van der Waals surface area contributed by atoms with Crippen molar-refractivity contribution in [1.29, 1.82) is 0 Å². The van der Waals surface area contributed by atoms with Crippen LogP contribution in [0.4, 0.5) is 0 Å². The minimum absolute atomic E-state index is 0.0471. The average molecular weight is 348 g/mol. The molecule has 1 aromatic rings. The molecule has 0 unspecified atom stereocenters. The summed E-state index contributed by atoms with van der Waals surface area (Å²) < 4.78 is 31.4. The lowest BCUT2D eigenvalue weighted by molar-refractivity contribution is -0.0342. The standard InChI is InChI=1S/C18H20O3S2/c1-8-2-4-9(5-3-8)23(19,20)21-16-14-10-6-7-11-13-12(10)15(16)18(13)22-17(11)14/h2-5,10-18H,6-7H2,1H3/t10-,11+,12-,13+,14+,15-,16+,17+,18+/m0/s1. The number of thioether (sulfide) groups is 1. The number of benzene rings is 1. The van der Waals surface area contributed by atoms with Gasteiger partial charge in [0.2, 0.25) is 0 Å². The molecule has 0 radical (unpaired) electrons. The second-order valence-corrected chi connectivity index (χ2v) is 11.0. The van der Waals surface area contributed by atoms with Crippen LogP contribution in [0.5, 0.6) is 0 Å².